The van der Waals surface area contributed by atoms with E-state index in [0.29, 0.717) is 5.75 Å². The molecule has 0 fully saturated rings. The molecule has 106 valence electrons. The maximum atomic E-state index is 11.9. The molecule has 0 aliphatic carbocycles. The number of carbonyl (C=O) groups excluding carboxylic acids is 1. The van der Waals surface area contributed by atoms with Crippen LogP contribution in [0.3, 0.4) is 0 Å². The van der Waals surface area contributed by atoms with Crippen molar-refractivity contribution in [2.45, 2.75) is 52.7 Å². The molecule has 1 amide bonds. The van der Waals surface area contributed by atoms with E-state index >= 15 is 0 Å². The third kappa shape index (κ3) is 4.81. The van der Waals surface area contributed by atoms with Gasteiger partial charge >= 0.3 is 0 Å². The van der Waals surface area contributed by atoms with Crippen molar-refractivity contribution in [1.29, 1.82) is 0 Å². The second kappa shape index (κ2) is 7.02. The third-order valence-corrected chi connectivity index (χ3v) is 3.05. The summed E-state index contributed by atoms with van der Waals surface area (Å²) in [7, 11) is 0. The molecule has 2 N–H and O–H groups in total. The average molecular weight is 265 g/mol. The van der Waals surface area contributed by atoms with Gasteiger partial charge in [0.05, 0.1) is 0 Å². The van der Waals surface area contributed by atoms with Gasteiger partial charge in [-0.3, -0.25) is 4.79 Å². The summed E-state index contributed by atoms with van der Waals surface area (Å²) < 4.78 is 5.56. The lowest BCUT2D eigenvalue weighted by Gasteiger charge is -2.19. The average Bonchev–Trinajstić information content (AvgIpc) is 2.34. The van der Waals surface area contributed by atoms with Crippen LogP contribution in [0.4, 0.5) is 0 Å². The molecular formula is C15H23NO3. The smallest absolute Gasteiger partial charge is 0.260 e. The second-order valence-electron chi connectivity index (χ2n) is 4.79. The molecule has 0 saturated heterocycles. The molecule has 1 rings (SSSR count). The first-order valence-electron chi connectivity index (χ1n) is 6.74. The number of aryl methyl sites for hydroxylation is 1. The molecule has 1 atom stereocenters. The Hall–Kier alpha value is -1.71. The molecule has 19 heavy (non-hydrogen) atoms. The van der Waals surface area contributed by atoms with Gasteiger partial charge in [0.2, 0.25) is 0 Å². The monoisotopic (exact) mass is 265 g/mol. The molecule has 0 aliphatic heterocycles. The Kier molecular flexibility index (Phi) is 5.67. The minimum atomic E-state index is -0.582. The Bertz CT molecular complexity index is 407. The summed E-state index contributed by atoms with van der Waals surface area (Å²) in [6, 6.07) is 5.13. The predicted molar refractivity (Wildman–Crippen MR) is 75.4 cm³/mol. The summed E-state index contributed by atoms with van der Waals surface area (Å²) in [5.74, 6) is 0.516. The topological polar surface area (TPSA) is 58.6 Å². The summed E-state index contributed by atoms with van der Waals surface area (Å²) in [5, 5.41) is 12.4. The lowest BCUT2D eigenvalue weighted by Crippen LogP contribution is -2.42. The number of ether oxygens (including phenoxy) is 1. The minimum absolute atomic E-state index is 0.130. The maximum absolute atomic E-state index is 11.9. The SMILES string of the molecule is CCC(CC)NC(=O)C(C)Oc1cc(C)cc(O)c1. The van der Waals surface area contributed by atoms with E-state index in [1.165, 1.54) is 6.07 Å². The summed E-state index contributed by atoms with van der Waals surface area (Å²) in [5.41, 5.74) is 0.891. The van der Waals surface area contributed by atoms with E-state index in [4.69, 9.17) is 4.74 Å². The molecular weight excluding hydrogens is 242 g/mol. The molecule has 0 heterocycles. The van der Waals surface area contributed by atoms with Crippen LogP contribution in [0.2, 0.25) is 0 Å². The van der Waals surface area contributed by atoms with Crippen LogP contribution in [0.25, 0.3) is 0 Å². The number of aromatic hydroxyl groups is 1. The first-order valence-corrected chi connectivity index (χ1v) is 6.74. The zero-order valence-electron chi connectivity index (χ0n) is 12.1. The van der Waals surface area contributed by atoms with Crippen molar-refractivity contribution < 1.29 is 14.6 Å². The van der Waals surface area contributed by atoms with Crippen LogP contribution in [0.5, 0.6) is 11.5 Å². The Morgan fingerprint density at radius 3 is 2.47 bits per heavy atom. The van der Waals surface area contributed by atoms with Crippen LogP contribution in [0, 0.1) is 6.92 Å². The normalized spacial score (nSPS) is 12.3. The van der Waals surface area contributed by atoms with Gasteiger partial charge in [-0.05, 0) is 44.4 Å². The van der Waals surface area contributed by atoms with Crippen molar-refractivity contribution in [3.8, 4) is 11.5 Å². The Morgan fingerprint density at radius 2 is 1.95 bits per heavy atom. The number of phenolic OH excluding ortho intramolecular Hbond substituents is 1. The van der Waals surface area contributed by atoms with Gasteiger partial charge in [0.15, 0.2) is 6.10 Å². The van der Waals surface area contributed by atoms with Crippen LogP contribution in [0.15, 0.2) is 18.2 Å². The number of carbonyl (C=O) groups is 1. The van der Waals surface area contributed by atoms with E-state index in [1.54, 1.807) is 19.1 Å². The van der Waals surface area contributed by atoms with Gasteiger partial charge in [-0.15, -0.1) is 0 Å². The zero-order valence-corrected chi connectivity index (χ0v) is 12.1. The van der Waals surface area contributed by atoms with Gasteiger partial charge in [-0.2, -0.15) is 0 Å². The highest BCUT2D eigenvalue weighted by atomic mass is 16.5. The number of benzene rings is 1. The predicted octanol–water partition coefficient (Wildman–Crippen LogP) is 2.77. The van der Waals surface area contributed by atoms with E-state index in [-0.39, 0.29) is 17.7 Å². The van der Waals surface area contributed by atoms with Gasteiger partial charge < -0.3 is 15.2 Å². The van der Waals surface area contributed by atoms with E-state index in [9.17, 15) is 9.90 Å². The van der Waals surface area contributed by atoms with Crippen LogP contribution < -0.4 is 10.1 Å². The molecule has 1 unspecified atom stereocenters. The largest absolute Gasteiger partial charge is 0.508 e. The van der Waals surface area contributed by atoms with Gasteiger partial charge in [0.25, 0.3) is 5.91 Å². The highest BCUT2D eigenvalue weighted by Gasteiger charge is 2.17. The van der Waals surface area contributed by atoms with Crippen molar-refractivity contribution >= 4 is 5.91 Å². The molecule has 0 radical (unpaired) electrons. The minimum Gasteiger partial charge on any atom is -0.508 e. The van der Waals surface area contributed by atoms with Crippen molar-refractivity contribution in [2.75, 3.05) is 0 Å². The van der Waals surface area contributed by atoms with E-state index in [1.807, 2.05) is 20.8 Å². The van der Waals surface area contributed by atoms with Crippen LogP contribution in [-0.2, 0) is 4.79 Å². The van der Waals surface area contributed by atoms with Gasteiger partial charge in [-0.1, -0.05) is 13.8 Å². The lowest BCUT2D eigenvalue weighted by atomic mass is 10.1. The first-order chi connectivity index (χ1) is 8.96. The van der Waals surface area contributed by atoms with E-state index < -0.39 is 6.10 Å². The fourth-order valence-electron chi connectivity index (χ4n) is 1.87. The van der Waals surface area contributed by atoms with Crippen molar-refractivity contribution in [1.82, 2.24) is 5.32 Å². The quantitative estimate of drug-likeness (QED) is 0.831. The number of hydrogen-bond donors (Lipinski definition) is 2. The van der Waals surface area contributed by atoms with Crippen molar-refractivity contribution in [2.24, 2.45) is 0 Å². The molecule has 4 nitrogen and oxygen atoms in total. The molecule has 1 aromatic rings. The Balaban J connectivity index is 2.63. The number of phenols is 1. The molecule has 4 heteroatoms. The maximum Gasteiger partial charge on any atom is 0.260 e. The molecule has 0 aliphatic rings. The highest BCUT2D eigenvalue weighted by Crippen LogP contribution is 2.22. The molecule has 0 aromatic heterocycles. The van der Waals surface area contributed by atoms with E-state index in [2.05, 4.69) is 5.32 Å². The number of nitrogens with one attached hydrogen (secondary N) is 1. The zero-order chi connectivity index (χ0) is 14.4. The summed E-state index contributed by atoms with van der Waals surface area (Å²) in [6.07, 6.45) is 1.22. The summed E-state index contributed by atoms with van der Waals surface area (Å²) in [4.78, 5) is 11.9. The fourth-order valence-corrected chi connectivity index (χ4v) is 1.87. The first kappa shape index (κ1) is 15.3. The summed E-state index contributed by atoms with van der Waals surface area (Å²) >= 11 is 0. The van der Waals surface area contributed by atoms with Gasteiger partial charge in [-0.25, -0.2) is 0 Å². The summed E-state index contributed by atoms with van der Waals surface area (Å²) in [6.45, 7) is 7.65. The van der Waals surface area contributed by atoms with Crippen LogP contribution >= 0.6 is 0 Å². The molecule has 1 aromatic carbocycles. The number of rotatable bonds is 6. The van der Waals surface area contributed by atoms with Gasteiger partial charge in [0, 0.05) is 12.1 Å². The number of hydrogen-bond acceptors (Lipinski definition) is 3. The van der Waals surface area contributed by atoms with E-state index in [0.717, 1.165) is 18.4 Å². The van der Waals surface area contributed by atoms with Crippen LogP contribution in [-0.4, -0.2) is 23.2 Å². The Morgan fingerprint density at radius 1 is 1.32 bits per heavy atom. The molecule has 0 saturated carbocycles. The fraction of sp³-hybridized carbons (Fsp3) is 0.533. The Labute approximate surface area is 114 Å². The number of amides is 1. The second-order valence-corrected chi connectivity index (χ2v) is 4.79. The lowest BCUT2D eigenvalue weighted by molar-refractivity contribution is -0.128. The van der Waals surface area contributed by atoms with Crippen LogP contribution in [0.1, 0.15) is 39.2 Å². The van der Waals surface area contributed by atoms with Gasteiger partial charge in [0.1, 0.15) is 11.5 Å². The highest BCUT2D eigenvalue weighted by molar-refractivity contribution is 5.81. The van der Waals surface area contributed by atoms with Crippen molar-refractivity contribution in [3.63, 3.8) is 0 Å². The standard InChI is InChI=1S/C15H23NO3/c1-5-12(6-2)16-15(18)11(4)19-14-8-10(3)7-13(17)9-14/h7-9,11-12,17H,5-6H2,1-4H3,(H,16,18). The van der Waals surface area contributed by atoms with Crippen molar-refractivity contribution in [3.05, 3.63) is 23.8 Å². The third-order valence-electron chi connectivity index (χ3n) is 3.05. The molecule has 0 bridgehead atoms. The molecule has 0 spiro atoms.